The van der Waals surface area contributed by atoms with E-state index in [9.17, 15) is 18.0 Å². The number of hydrogen-bond acceptors (Lipinski definition) is 4. The highest BCUT2D eigenvalue weighted by Gasteiger charge is 2.31. The van der Waals surface area contributed by atoms with E-state index in [-0.39, 0.29) is 11.7 Å². The molecule has 0 bridgehead atoms. The van der Waals surface area contributed by atoms with Crippen LogP contribution in [0.25, 0.3) is 0 Å². The summed E-state index contributed by atoms with van der Waals surface area (Å²) in [6.45, 7) is 4.02. The Morgan fingerprint density at radius 3 is 2.48 bits per heavy atom. The van der Waals surface area contributed by atoms with Crippen LogP contribution in [-0.4, -0.2) is 73.8 Å². The lowest BCUT2D eigenvalue weighted by Crippen LogP contribution is -2.49. The standard InChI is InChI=1S/C17H22F3N3O2/c18-17(19,20)12-25-15-3-1-13(2-4-15)16(24)23-8-5-14(11-23)22-9-6-21-7-10-22/h1-4,14,21H,5-12H2. The van der Waals surface area contributed by atoms with Crippen molar-refractivity contribution in [1.29, 1.82) is 0 Å². The van der Waals surface area contributed by atoms with Crippen LogP contribution >= 0.6 is 0 Å². The number of carbonyl (C=O) groups excluding carboxylic acids is 1. The molecule has 0 aromatic heterocycles. The van der Waals surface area contributed by atoms with Crippen LogP contribution in [0.3, 0.4) is 0 Å². The molecule has 138 valence electrons. The number of ether oxygens (including phenoxy) is 1. The van der Waals surface area contributed by atoms with Crippen molar-refractivity contribution >= 4 is 5.91 Å². The fraction of sp³-hybridized carbons (Fsp3) is 0.588. The number of likely N-dealkylation sites (tertiary alicyclic amines) is 1. The lowest BCUT2D eigenvalue weighted by atomic mass is 10.2. The number of amides is 1. The normalized spacial score (nSPS) is 22.2. The SMILES string of the molecule is O=C(c1ccc(OCC(F)(F)F)cc1)N1CCC(N2CCNCC2)C1. The van der Waals surface area contributed by atoms with Crippen LogP contribution in [-0.2, 0) is 0 Å². The number of carbonyl (C=O) groups is 1. The largest absolute Gasteiger partial charge is 0.484 e. The van der Waals surface area contributed by atoms with Gasteiger partial charge in [-0.15, -0.1) is 0 Å². The highest BCUT2D eigenvalue weighted by atomic mass is 19.4. The maximum atomic E-state index is 12.6. The van der Waals surface area contributed by atoms with E-state index in [0.717, 1.165) is 32.6 Å². The van der Waals surface area contributed by atoms with Gasteiger partial charge in [-0.1, -0.05) is 0 Å². The van der Waals surface area contributed by atoms with Crippen molar-refractivity contribution in [3.8, 4) is 5.75 Å². The summed E-state index contributed by atoms with van der Waals surface area (Å²) in [7, 11) is 0. The number of alkyl halides is 3. The third-order valence-electron chi connectivity index (χ3n) is 4.62. The van der Waals surface area contributed by atoms with Gasteiger partial charge in [-0.05, 0) is 30.7 Å². The maximum Gasteiger partial charge on any atom is 0.422 e. The van der Waals surface area contributed by atoms with Gasteiger partial charge >= 0.3 is 6.18 Å². The van der Waals surface area contributed by atoms with Crippen LogP contribution in [0, 0.1) is 0 Å². The van der Waals surface area contributed by atoms with Crippen molar-refractivity contribution in [2.75, 3.05) is 45.9 Å². The number of halogens is 3. The van der Waals surface area contributed by atoms with Gasteiger partial charge in [0.2, 0.25) is 0 Å². The van der Waals surface area contributed by atoms with E-state index in [2.05, 4.69) is 15.0 Å². The van der Waals surface area contributed by atoms with Crippen molar-refractivity contribution in [2.24, 2.45) is 0 Å². The number of benzene rings is 1. The topological polar surface area (TPSA) is 44.8 Å². The molecule has 0 spiro atoms. The minimum absolute atomic E-state index is 0.0833. The summed E-state index contributed by atoms with van der Waals surface area (Å²) in [5, 5.41) is 3.32. The average Bonchev–Trinajstić information content (AvgIpc) is 3.10. The molecule has 8 heteroatoms. The molecule has 1 atom stereocenters. The Balaban J connectivity index is 1.54. The highest BCUT2D eigenvalue weighted by molar-refractivity contribution is 5.94. The van der Waals surface area contributed by atoms with Crippen LogP contribution in [0.5, 0.6) is 5.75 Å². The van der Waals surface area contributed by atoms with E-state index in [1.807, 2.05) is 4.90 Å². The number of nitrogens with zero attached hydrogens (tertiary/aromatic N) is 2. The fourth-order valence-electron chi connectivity index (χ4n) is 3.31. The summed E-state index contributed by atoms with van der Waals surface area (Å²) in [4.78, 5) is 16.8. The van der Waals surface area contributed by atoms with E-state index >= 15 is 0 Å². The lowest BCUT2D eigenvalue weighted by Gasteiger charge is -2.32. The van der Waals surface area contributed by atoms with Gasteiger partial charge in [0.15, 0.2) is 6.61 Å². The molecule has 1 amide bonds. The first-order valence-electron chi connectivity index (χ1n) is 8.46. The molecule has 3 rings (SSSR count). The Bertz CT molecular complexity index is 586. The molecular weight excluding hydrogens is 335 g/mol. The zero-order valence-electron chi connectivity index (χ0n) is 13.9. The first-order valence-corrected chi connectivity index (χ1v) is 8.46. The van der Waals surface area contributed by atoms with E-state index in [1.165, 1.54) is 24.3 Å². The van der Waals surface area contributed by atoms with E-state index in [1.54, 1.807) is 0 Å². The van der Waals surface area contributed by atoms with Gasteiger partial charge in [-0.2, -0.15) is 13.2 Å². The van der Waals surface area contributed by atoms with Gasteiger partial charge in [0.1, 0.15) is 5.75 Å². The van der Waals surface area contributed by atoms with E-state index < -0.39 is 12.8 Å². The first kappa shape index (κ1) is 18.0. The maximum absolute atomic E-state index is 12.6. The van der Waals surface area contributed by atoms with Crippen molar-refractivity contribution in [1.82, 2.24) is 15.1 Å². The first-order chi connectivity index (χ1) is 11.9. The second-order valence-electron chi connectivity index (χ2n) is 6.41. The monoisotopic (exact) mass is 357 g/mol. The van der Waals surface area contributed by atoms with Gasteiger partial charge in [0, 0.05) is 50.9 Å². The number of nitrogens with one attached hydrogen (secondary N) is 1. The summed E-state index contributed by atoms with van der Waals surface area (Å²) < 4.78 is 41.1. The van der Waals surface area contributed by atoms with Crippen molar-refractivity contribution in [3.05, 3.63) is 29.8 Å². The van der Waals surface area contributed by atoms with Crippen molar-refractivity contribution in [3.63, 3.8) is 0 Å². The molecule has 2 fully saturated rings. The third kappa shape index (κ3) is 4.85. The Morgan fingerprint density at radius 1 is 1.16 bits per heavy atom. The van der Waals surface area contributed by atoms with Crippen molar-refractivity contribution in [2.45, 2.75) is 18.6 Å². The van der Waals surface area contributed by atoms with Crippen molar-refractivity contribution < 1.29 is 22.7 Å². The Labute approximate surface area is 144 Å². The predicted molar refractivity (Wildman–Crippen MR) is 86.7 cm³/mol. The molecular formula is C17H22F3N3O2. The second kappa shape index (κ2) is 7.61. The Kier molecular flexibility index (Phi) is 5.48. The molecule has 2 aliphatic heterocycles. The molecule has 1 aromatic rings. The fourth-order valence-corrected chi connectivity index (χ4v) is 3.31. The molecule has 5 nitrogen and oxygen atoms in total. The minimum Gasteiger partial charge on any atom is -0.484 e. The molecule has 2 saturated heterocycles. The molecule has 2 heterocycles. The molecule has 2 aliphatic rings. The molecule has 1 aromatic carbocycles. The predicted octanol–water partition coefficient (Wildman–Crippen LogP) is 1.75. The smallest absolute Gasteiger partial charge is 0.422 e. The molecule has 0 saturated carbocycles. The van der Waals surface area contributed by atoms with E-state index in [4.69, 9.17) is 0 Å². The van der Waals surface area contributed by atoms with Crippen LogP contribution < -0.4 is 10.1 Å². The summed E-state index contributed by atoms with van der Waals surface area (Å²) in [6.07, 6.45) is -3.42. The van der Waals surface area contributed by atoms with Gasteiger partial charge in [0.05, 0.1) is 0 Å². The lowest BCUT2D eigenvalue weighted by molar-refractivity contribution is -0.153. The minimum atomic E-state index is -4.37. The van der Waals surface area contributed by atoms with E-state index in [0.29, 0.717) is 24.7 Å². The summed E-state index contributed by atoms with van der Waals surface area (Å²) in [6, 6.07) is 6.24. The average molecular weight is 357 g/mol. The molecule has 0 aliphatic carbocycles. The zero-order chi connectivity index (χ0) is 17.9. The molecule has 1 N–H and O–H groups in total. The highest BCUT2D eigenvalue weighted by Crippen LogP contribution is 2.21. The second-order valence-corrected chi connectivity index (χ2v) is 6.41. The van der Waals surface area contributed by atoms with Gasteiger partial charge in [-0.25, -0.2) is 0 Å². The number of rotatable bonds is 4. The zero-order valence-corrected chi connectivity index (χ0v) is 13.9. The Morgan fingerprint density at radius 2 is 1.84 bits per heavy atom. The summed E-state index contributed by atoms with van der Waals surface area (Å²) in [5.74, 6) is 0.0222. The number of hydrogen-bond donors (Lipinski definition) is 1. The van der Waals surface area contributed by atoms with Gasteiger partial charge in [0.25, 0.3) is 5.91 Å². The third-order valence-corrected chi connectivity index (χ3v) is 4.62. The van der Waals surface area contributed by atoms with Crippen LogP contribution in [0.15, 0.2) is 24.3 Å². The van der Waals surface area contributed by atoms with Crippen LogP contribution in [0.2, 0.25) is 0 Å². The quantitative estimate of drug-likeness (QED) is 0.892. The van der Waals surface area contributed by atoms with Gasteiger partial charge in [-0.3, -0.25) is 9.69 Å². The molecule has 25 heavy (non-hydrogen) atoms. The molecule has 0 radical (unpaired) electrons. The van der Waals surface area contributed by atoms with Crippen LogP contribution in [0.1, 0.15) is 16.8 Å². The summed E-state index contributed by atoms with van der Waals surface area (Å²) in [5.41, 5.74) is 0.473. The number of piperazine rings is 1. The Hall–Kier alpha value is -1.80. The van der Waals surface area contributed by atoms with Crippen LogP contribution in [0.4, 0.5) is 13.2 Å². The molecule has 1 unspecified atom stereocenters. The van der Waals surface area contributed by atoms with Gasteiger partial charge < -0.3 is 15.0 Å². The summed E-state index contributed by atoms with van der Waals surface area (Å²) >= 11 is 0.